The first kappa shape index (κ1) is 15.9. The molecule has 0 saturated carbocycles. The van der Waals surface area contributed by atoms with Crippen LogP contribution in [-0.4, -0.2) is 19.6 Å². The van der Waals surface area contributed by atoms with Gasteiger partial charge in [0.15, 0.2) is 6.61 Å². The van der Waals surface area contributed by atoms with Gasteiger partial charge in [0, 0.05) is 21.7 Å². The van der Waals surface area contributed by atoms with Gasteiger partial charge in [-0.05, 0) is 58.4 Å². The molecule has 0 spiro atoms. The highest BCUT2D eigenvalue weighted by Crippen LogP contribution is 2.26. The highest BCUT2D eigenvalue weighted by molar-refractivity contribution is 9.11. The molecule has 0 aliphatic carbocycles. The molecule has 4 nitrogen and oxygen atoms in total. The summed E-state index contributed by atoms with van der Waals surface area (Å²) < 4.78 is 7.19. The highest BCUT2D eigenvalue weighted by Gasteiger charge is 2.07. The zero-order valence-corrected chi connectivity index (χ0v) is 14.5. The average molecular weight is 414 g/mol. The monoisotopic (exact) mass is 412 g/mol. The van der Waals surface area contributed by atoms with E-state index >= 15 is 0 Å². The topological polar surface area (TPSA) is 50.4 Å². The van der Waals surface area contributed by atoms with Crippen molar-refractivity contribution in [1.29, 1.82) is 0 Å². The molecule has 110 valence electrons. The normalized spacial score (nSPS) is 10.0. The van der Waals surface area contributed by atoms with Gasteiger partial charge in [-0.25, -0.2) is 0 Å². The predicted octanol–water partition coefficient (Wildman–Crippen LogP) is 4.27. The largest absolute Gasteiger partial charge is 0.484 e. The number of ether oxygens (including phenoxy) is 1. The third-order valence-corrected chi connectivity index (χ3v) is 3.87. The molecule has 2 N–H and O–H groups in total. The lowest BCUT2D eigenvalue weighted by Gasteiger charge is -2.09. The van der Waals surface area contributed by atoms with Crippen molar-refractivity contribution in [1.82, 2.24) is 0 Å². The van der Waals surface area contributed by atoms with Gasteiger partial charge in [-0.1, -0.05) is 15.9 Å². The summed E-state index contributed by atoms with van der Waals surface area (Å²) in [7, 11) is 1.85. The van der Waals surface area contributed by atoms with Crippen LogP contribution in [-0.2, 0) is 4.79 Å². The van der Waals surface area contributed by atoms with Crippen molar-refractivity contribution in [3.8, 4) is 5.75 Å². The molecule has 0 fully saturated rings. The molecule has 1 amide bonds. The van der Waals surface area contributed by atoms with Gasteiger partial charge in [-0.15, -0.1) is 0 Å². The van der Waals surface area contributed by atoms with E-state index in [1.165, 1.54) is 0 Å². The molecule has 2 aromatic carbocycles. The number of anilines is 2. The second kappa shape index (κ2) is 7.47. The Hall–Kier alpha value is -1.53. The first-order valence-corrected chi connectivity index (χ1v) is 7.82. The van der Waals surface area contributed by atoms with Crippen LogP contribution in [0.3, 0.4) is 0 Å². The van der Waals surface area contributed by atoms with E-state index in [-0.39, 0.29) is 12.5 Å². The number of hydrogen-bond donors (Lipinski definition) is 2. The zero-order chi connectivity index (χ0) is 15.2. The van der Waals surface area contributed by atoms with E-state index < -0.39 is 0 Å². The summed E-state index contributed by atoms with van der Waals surface area (Å²) in [6.07, 6.45) is 0. The number of benzene rings is 2. The zero-order valence-electron chi connectivity index (χ0n) is 11.3. The first-order valence-electron chi connectivity index (χ1n) is 6.24. The van der Waals surface area contributed by atoms with Crippen LogP contribution in [0, 0.1) is 0 Å². The van der Waals surface area contributed by atoms with Crippen LogP contribution in [0.1, 0.15) is 0 Å². The Morgan fingerprint density at radius 3 is 2.48 bits per heavy atom. The lowest BCUT2D eigenvalue weighted by Crippen LogP contribution is -2.20. The second-order valence-electron chi connectivity index (χ2n) is 4.24. The quantitative estimate of drug-likeness (QED) is 0.769. The summed E-state index contributed by atoms with van der Waals surface area (Å²) >= 11 is 6.76. The van der Waals surface area contributed by atoms with Gasteiger partial charge in [-0.3, -0.25) is 4.79 Å². The van der Waals surface area contributed by atoms with Crippen molar-refractivity contribution in [3.05, 3.63) is 51.4 Å². The lowest BCUT2D eigenvalue weighted by molar-refractivity contribution is -0.118. The van der Waals surface area contributed by atoms with E-state index in [2.05, 4.69) is 42.5 Å². The Balaban J connectivity index is 1.89. The maximum absolute atomic E-state index is 11.9. The minimum absolute atomic E-state index is 0.0403. The molecular weight excluding hydrogens is 400 g/mol. The molecule has 0 unspecified atom stereocenters. The molecule has 0 bridgehead atoms. The van der Waals surface area contributed by atoms with Crippen molar-refractivity contribution in [3.63, 3.8) is 0 Å². The van der Waals surface area contributed by atoms with E-state index in [1.807, 2.05) is 49.5 Å². The molecule has 0 aliphatic heterocycles. The fourth-order valence-electron chi connectivity index (χ4n) is 1.64. The smallest absolute Gasteiger partial charge is 0.262 e. The molecule has 0 radical (unpaired) electrons. The van der Waals surface area contributed by atoms with Crippen LogP contribution in [0.5, 0.6) is 5.75 Å². The van der Waals surface area contributed by atoms with Gasteiger partial charge >= 0.3 is 0 Å². The maximum Gasteiger partial charge on any atom is 0.262 e. The summed E-state index contributed by atoms with van der Waals surface area (Å²) in [5.41, 5.74) is 1.70. The van der Waals surface area contributed by atoms with Gasteiger partial charge < -0.3 is 15.4 Å². The number of carbonyl (C=O) groups is 1. The summed E-state index contributed by atoms with van der Waals surface area (Å²) in [6, 6.07) is 12.9. The van der Waals surface area contributed by atoms with Crippen molar-refractivity contribution in [2.75, 3.05) is 24.3 Å². The maximum atomic E-state index is 11.9. The SMILES string of the molecule is CNc1ccc(OCC(=O)Nc2ccc(Br)cc2Br)cc1. The third-order valence-electron chi connectivity index (χ3n) is 2.72. The third kappa shape index (κ3) is 4.75. The Labute approximate surface area is 140 Å². The van der Waals surface area contributed by atoms with Gasteiger partial charge in [0.1, 0.15) is 5.75 Å². The summed E-state index contributed by atoms with van der Waals surface area (Å²) in [4.78, 5) is 11.9. The van der Waals surface area contributed by atoms with Crippen LogP contribution in [0.2, 0.25) is 0 Å². The van der Waals surface area contributed by atoms with Gasteiger partial charge in [-0.2, -0.15) is 0 Å². The van der Waals surface area contributed by atoms with Crippen LogP contribution in [0.15, 0.2) is 51.4 Å². The van der Waals surface area contributed by atoms with Crippen LogP contribution in [0.25, 0.3) is 0 Å². The molecule has 0 atom stereocenters. The number of rotatable bonds is 5. The van der Waals surface area contributed by atoms with Crippen molar-refractivity contribution < 1.29 is 9.53 Å². The van der Waals surface area contributed by atoms with Crippen LogP contribution >= 0.6 is 31.9 Å². The summed E-state index contributed by atoms with van der Waals surface area (Å²) in [5, 5.41) is 5.80. The Bertz CT molecular complexity index is 630. The molecular formula is C15H14Br2N2O2. The summed E-state index contributed by atoms with van der Waals surface area (Å²) in [5.74, 6) is 0.440. The van der Waals surface area contributed by atoms with E-state index in [0.717, 1.165) is 14.6 Å². The van der Waals surface area contributed by atoms with Crippen molar-refractivity contribution in [2.24, 2.45) is 0 Å². The van der Waals surface area contributed by atoms with E-state index in [4.69, 9.17) is 4.74 Å². The Morgan fingerprint density at radius 1 is 1.14 bits per heavy atom. The fraction of sp³-hybridized carbons (Fsp3) is 0.133. The number of amides is 1. The van der Waals surface area contributed by atoms with Crippen LogP contribution in [0.4, 0.5) is 11.4 Å². The number of nitrogens with one attached hydrogen (secondary N) is 2. The molecule has 0 heterocycles. The Kier molecular flexibility index (Phi) is 5.64. The molecule has 6 heteroatoms. The predicted molar refractivity (Wildman–Crippen MR) is 92.0 cm³/mol. The molecule has 0 aliphatic rings. The van der Waals surface area contributed by atoms with Crippen molar-refractivity contribution in [2.45, 2.75) is 0 Å². The molecule has 2 aromatic rings. The molecule has 0 aromatic heterocycles. The number of hydrogen-bond acceptors (Lipinski definition) is 3. The average Bonchev–Trinajstić information content (AvgIpc) is 2.48. The standard InChI is InChI=1S/C15H14Br2N2O2/c1-18-11-3-5-12(6-4-11)21-9-15(20)19-14-7-2-10(16)8-13(14)17/h2-8,18H,9H2,1H3,(H,19,20). The number of carbonyl (C=O) groups excluding carboxylic acids is 1. The molecule has 2 rings (SSSR count). The molecule has 0 saturated heterocycles. The minimum Gasteiger partial charge on any atom is -0.484 e. The van der Waals surface area contributed by atoms with E-state index in [1.54, 1.807) is 0 Å². The minimum atomic E-state index is -0.212. The fourth-order valence-corrected chi connectivity index (χ4v) is 2.79. The van der Waals surface area contributed by atoms with E-state index in [9.17, 15) is 4.79 Å². The van der Waals surface area contributed by atoms with Gasteiger partial charge in [0.2, 0.25) is 0 Å². The van der Waals surface area contributed by atoms with Crippen LogP contribution < -0.4 is 15.4 Å². The lowest BCUT2D eigenvalue weighted by atomic mass is 10.3. The Morgan fingerprint density at radius 2 is 1.86 bits per heavy atom. The van der Waals surface area contributed by atoms with E-state index in [0.29, 0.717) is 11.4 Å². The second-order valence-corrected chi connectivity index (χ2v) is 6.01. The highest BCUT2D eigenvalue weighted by atomic mass is 79.9. The summed E-state index contributed by atoms with van der Waals surface area (Å²) in [6.45, 7) is -0.0403. The van der Waals surface area contributed by atoms with Gasteiger partial charge in [0.05, 0.1) is 5.69 Å². The number of halogens is 2. The van der Waals surface area contributed by atoms with Gasteiger partial charge in [0.25, 0.3) is 5.91 Å². The van der Waals surface area contributed by atoms with Crippen molar-refractivity contribution >= 4 is 49.1 Å². The molecule has 21 heavy (non-hydrogen) atoms. The first-order chi connectivity index (χ1) is 10.1.